The Bertz CT molecular complexity index is 255. The summed E-state index contributed by atoms with van der Waals surface area (Å²) in [5.41, 5.74) is 0. The molecule has 0 spiro atoms. The Labute approximate surface area is 80.2 Å². The van der Waals surface area contributed by atoms with Gasteiger partial charge < -0.3 is 14.4 Å². The maximum absolute atomic E-state index is 10.8. The molecule has 0 aromatic carbocycles. The third kappa shape index (κ3) is 6.62. The summed E-state index contributed by atoms with van der Waals surface area (Å²) in [5, 5.41) is 8.33. The zero-order valence-electron chi connectivity index (χ0n) is 7.25. The van der Waals surface area contributed by atoms with Gasteiger partial charge in [0, 0.05) is 13.0 Å². The molecule has 0 aromatic heterocycles. The first kappa shape index (κ1) is 13.1. The van der Waals surface area contributed by atoms with Crippen molar-refractivity contribution in [2.75, 3.05) is 13.2 Å². The van der Waals surface area contributed by atoms with Gasteiger partial charge in [-0.05, 0) is 6.58 Å². The largest absolute Gasteiger partial charge is 0.525 e. The Hall–Kier alpha value is -0.880. The average Bonchev–Trinajstić information content (AvgIpc) is 2.01. The zero-order valence-corrected chi connectivity index (χ0v) is 8.14. The molecule has 0 unspecified atom stereocenters. The van der Waals surface area contributed by atoms with Gasteiger partial charge >= 0.3 is 13.8 Å². The van der Waals surface area contributed by atoms with Gasteiger partial charge in [0.15, 0.2) is 0 Å². The van der Waals surface area contributed by atoms with Crippen LogP contribution in [0, 0.1) is 0 Å². The third-order valence-electron chi connectivity index (χ3n) is 0.992. The number of phosphoric ester groups is 1. The number of hydrogen-bond donors (Lipinski definition) is 3. The van der Waals surface area contributed by atoms with Crippen molar-refractivity contribution >= 4 is 13.8 Å². The first-order valence-electron chi connectivity index (χ1n) is 3.59. The number of carbonyl (C=O) groups excluding carboxylic acids is 1. The summed E-state index contributed by atoms with van der Waals surface area (Å²) in [6.45, 7) is 2.74. The lowest BCUT2D eigenvalue weighted by Gasteiger charge is -2.08. The number of hydrogen-bond acceptors (Lipinski definition) is 5. The zero-order chi connectivity index (χ0) is 11.2. The van der Waals surface area contributed by atoms with Crippen molar-refractivity contribution in [3.8, 4) is 0 Å². The van der Waals surface area contributed by atoms with Crippen LogP contribution in [0.15, 0.2) is 12.3 Å². The second-order valence-corrected chi connectivity index (χ2v) is 3.38. The number of esters is 1. The van der Waals surface area contributed by atoms with Crippen molar-refractivity contribution in [1.82, 2.24) is 0 Å². The highest BCUT2D eigenvalue weighted by atomic mass is 31.2. The topological polar surface area (TPSA) is 113 Å². The lowest BCUT2D eigenvalue weighted by molar-refractivity contribution is -0.142. The molecule has 0 radical (unpaired) electrons. The van der Waals surface area contributed by atoms with Gasteiger partial charge in [0.2, 0.25) is 5.76 Å². The molecule has 8 heteroatoms. The van der Waals surface area contributed by atoms with E-state index in [4.69, 9.17) is 14.9 Å². The second-order valence-electron chi connectivity index (χ2n) is 2.22. The summed E-state index contributed by atoms with van der Waals surface area (Å²) in [4.78, 5) is 27.4. The molecule has 0 bridgehead atoms. The third-order valence-corrected chi connectivity index (χ3v) is 1.45. The molecule has 82 valence electrons. The first-order chi connectivity index (χ1) is 6.37. The molecule has 0 aliphatic rings. The number of carbonyl (C=O) groups is 1. The number of aliphatic hydroxyl groups excluding tert-OH is 1. The highest BCUT2D eigenvalue weighted by Gasteiger charge is 2.21. The number of ether oxygens (including phenoxy) is 1. The Morgan fingerprint density at radius 2 is 2.00 bits per heavy atom. The van der Waals surface area contributed by atoms with Crippen LogP contribution in [0.3, 0.4) is 0 Å². The minimum Gasteiger partial charge on any atom is -0.460 e. The maximum atomic E-state index is 10.8. The van der Waals surface area contributed by atoms with Gasteiger partial charge in [-0.2, -0.15) is 0 Å². The van der Waals surface area contributed by atoms with Gasteiger partial charge in [-0.3, -0.25) is 9.79 Å². The molecule has 0 amide bonds. The Balaban J connectivity index is 3.89. The van der Waals surface area contributed by atoms with Crippen LogP contribution in [0.25, 0.3) is 0 Å². The molecule has 0 saturated carbocycles. The fraction of sp³-hybridized carbons (Fsp3) is 0.500. The van der Waals surface area contributed by atoms with E-state index in [1.165, 1.54) is 0 Å². The Kier molecular flexibility index (Phi) is 5.40. The van der Waals surface area contributed by atoms with Crippen LogP contribution in [-0.2, 0) is 18.6 Å². The van der Waals surface area contributed by atoms with E-state index in [1.54, 1.807) is 0 Å². The molecule has 0 rings (SSSR count). The predicted molar refractivity (Wildman–Crippen MR) is 44.9 cm³/mol. The molecule has 7 nitrogen and oxygen atoms in total. The second kappa shape index (κ2) is 5.77. The van der Waals surface area contributed by atoms with Crippen molar-refractivity contribution in [1.29, 1.82) is 0 Å². The molecular weight excluding hydrogens is 215 g/mol. The summed E-state index contributed by atoms with van der Waals surface area (Å²) in [6.07, 6.45) is 0.231. The van der Waals surface area contributed by atoms with Crippen molar-refractivity contribution in [2.45, 2.75) is 6.42 Å². The fourth-order valence-electron chi connectivity index (χ4n) is 0.491. The number of phosphoric acid groups is 1. The van der Waals surface area contributed by atoms with E-state index < -0.39 is 19.6 Å². The van der Waals surface area contributed by atoms with E-state index in [1.807, 2.05) is 0 Å². The van der Waals surface area contributed by atoms with Gasteiger partial charge in [0.25, 0.3) is 0 Å². The van der Waals surface area contributed by atoms with Crippen LogP contribution >= 0.6 is 7.82 Å². The normalized spacial score (nSPS) is 10.8. The smallest absolute Gasteiger partial charge is 0.460 e. The standard InChI is InChI=1S/C6H11O7P/c1-5(13-14(9,10)11)6(8)12-4-2-3-7/h7H,1-4H2,(H2,9,10,11). The fourth-order valence-corrected chi connectivity index (χ4v) is 0.852. The molecule has 0 aliphatic carbocycles. The van der Waals surface area contributed by atoms with E-state index in [2.05, 4.69) is 15.8 Å². The Morgan fingerprint density at radius 1 is 1.43 bits per heavy atom. The average molecular weight is 226 g/mol. The van der Waals surface area contributed by atoms with Gasteiger partial charge in [-0.1, -0.05) is 0 Å². The minimum atomic E-state index is -4.76. The lowest BCUT2D eigenvalue weighted by atomic mass is 10.5. The van der Waals surface area contributed by atoms with Crippen LogP contribution < -0.4 is 0 Å². The van der Waals surface area contributed by atoms with E-state index in [0.29, 0.717) is 0 Å². The summed E-state index contributed by atoms with van der Waals surface area (Å²) in [6, 6.07) is 0. The van der Waals surface area contributed by atoms with Crippen LogP contribution in [-0.4, -0.2) is 34.1 Å². The molecular formula is C6H11O7P. The summed E-state index contributed by atoms with van der Waals surface area (Å²) in [7, 11) is -4.76. The van der Waals surface area contributed by atoms with Crippen LogP contribution in [0.2, 0.25) is 0 Å². The van der Waals surface area contributed by atoms with Gasteiger partial charge in [-0.25, -0.2) is 9.36 Å². The van der Waals surface area contributed by atoms with E-state index in [-0.39, 0.29) is 19.6 Å². The SMILES string of the molecule is C=C(OP(=O)(O)O)C(=O)OCCCO. The monoisotopic (exact) mass is 226 g/mol. The summed E-state index contributed by atoms with van der Waals surface area (Å²) in [5.74, 6) is -1.84. The number of aliphatic hydroxyl groups is 1. The molecule has 0 heterocycles. The molecule has 0 aliphatic heterocycles. The van der Waals surface area contributed by atoms with Gasteiger partial charge in [-0.15, -0.1) is 0 Å². The Morgan fingerprint density at radius 3 is 2.43 bits per heavy atom. The van der Waals surface area contributed by atoms with Gasteiger partial charge in [0.1, 0.15) is 0 Å². The van der Waals surface area contributed by atoms with Crippen LogP contribution in [0.1, 0.15) is 6.42 Å². The van der Waals surface area contributed by atoms with Crippen molar-refractivity contribution in [3.63, 3.8) is 0 Å². The van der Waals surface area contributed by atoms with Crippen molar-refractivity contribution in [3.05, 3.63) is 12.3 Å². The first-order valence-corrected chi connectivity index (χ1v) is 5.12. The predicted octanol–water partition coefficient (Wildman–Crippen LogP) is -0.465. The van der Waals surface area contributed by atoms with Gasteiger partial charge in [0.05, 0.1) is 6.61 Å². The lowest BCUT2D eigenvalue weighted by Crippen LogP contribution is -2.10. The quantitative estimate of drug-likeness (QED) is 0.184. The molecule has 0 saturated heterocycles. The van der Waals surface area contributed by atoms with Crippen LogP contribution in [0.5, 0.6) is 0 Å². The maximum Gasteiger partial charge on any atom is 0.525 e. The van der Waals surface area contributed by atoms with E-state index in [9.17, 15) is 9.36 Å². The summed E-state index contributed by atoms with van der Waals surface area (Å²) >= 11 is 0. The molecule has 14 heavy (non-hydrogen) atoms. The molecule has 0 aromatic rings. The van der Waals surface area contributed by atoms with E-state index >= 15 is 0 Å². The van der Waals surface area contributed by atoms with E-state index in [0.717, 1.165) is 0 Å². The van der Waals surface area contributed by atoms with Crippen LogP contribution in [0.4, 0.5) is 0 Å². The molecule has 0 fully saturated rings. The molecule has 3 N–H and O–H groups in total. The minimum absolute atomic E-state index is 0.0706. The summed E-state index contributed by atoms with van der Waals surface area (Å²) < 4.78 is 18.5. The van der Waals surface area contributed by atoms with Crippen molar-refractivity contribution in [2.24, 2.45) is 0 Å². The highest BCUT2D eigenvalue weighted by Crippen LogP contribution is 2.38. The molecule has 0 atom stereocenters. The number of rotatable bonds is 6. The highest BCUT2D eigenvalue weighted by molar-refractivity contribution is 7.46. The van der Waals surface area contributed by atoms with Crippen molar-refractivity contribution < 1.29 is 33.5 Å².